The number of carbonyl (C=O) groups is 1. The smallest absolute Gasteiger partial charge is 0.323 e. The summed E-state index contributed by atoms with van der Waals surface area (Å²) in [6.45, 7) is 0.510. The summed E-state index contributed by atoms with van der Waals surface area (Å²) >= 11 is 0. The molecule has 0 radical (unpaired) electrons. The normalized spacial score (nSPS) is 10.0. The van der Waals surface area contributed by atoms with E-state index in [2.05, 4.69) is 15.6 Å². The zero-order valence-electron chi connectivity index (χ0n) is 13.0. The van der Waals surface area contributed by atoms with Crippen molar-refractivity contribution in [3.63, 3.8) is 0 Å². The van der Waals surface area contributed by atoms with Gasteiger partial charge >= 0.3 is 6.03 Å². The van der Waals surface area contributed by atoms with Crippen molar-refractivity contribution >= 4 is 17.4 Å². The Hall–Kier alpha value is -3.34. The molecule has 0 unspecified atom stereocenters. The van der Waals surface area contributed by atoms with E-state index >= 15 is 0 Å². The van der Waals surface area contributed by atoms with Crippen molar-refractivity contribution in [3.05, 3.63) is 84.7 Å². The van der Waals surface area contributed by atoms with E-state index in [1.54, 1.807) is 36.7 Å². The first-order valence-corrected chi connectivity index (χ1v) is 7.54. The van der Waals surface area contributed by atoms with Crippen LogP contribution in [0.3, 0.4) is 0 Å². The van der Waals surface area contributed by atoms with Crippen molar-refractivity contribution in [2.75, 3.05) is 10.6 Å². The SMILES string of the molecule is O=C(Nc1ccncc1)Nc1ccc(OCc2ccccc2)cc1. The van der Waals surface area contributed by atoms with Crippen LogP contribution in [-0.4, -0.2) is 11.0 Å². The Labute approximate surface area is 140 Å². The van der Waals surface area contributed by atoms with Gasteiger partial charge in [0, 0.05) is 23.8 Å². The van der Waals surface area contributed by atoms with E-state index in [1.807, 2.05) is 42.5 Å². The number of ether oxygens (including phenoxy) is 1. The van der Waals surface area contributed by atoms with Gasteiger partial charge in [-0.05, 0) is 42.0 Å². The molecule has 0 aliphatic rings. The lowest BCUT2D eigenvalue weighted by molar-refractivity contribution is 0.262. The number of carbonyl (C=O) groups excluding carboxylic acids is 1. The summed E-state index contributed by atoms with van der Waals surface area (Å²) in [7, 11) is 0. The number of nitrogens with zero attached hydrogens (tertiary/aromatic N) is 1. The number of nitrogens with one attached hydrogen (secondary N) is 2. The molecular formula is C19H17N3O2. The summed E-state index contributed by atoms with van der Waals surface area (Å²) in [5.74, 6) is 0.749. The minimum atomic E-state index is -0.306. The van der Waals surface area contributed by atoms with Crippen molar-refractivity contribution in [2.45, 2.75) is 6.61 Å². The molecule has 2 aromatic carbocycles. The van der Waals surface area contributed by atoms with Gasteiger partial charge in [0.1, 0.15) is 12.4 Å². The minimum Gasteiger partial charge on any atom is -0.489 e. The highest BCUT2D eigenvalue weighted by Crippen LogP contribution is 2.17. The molecule has 24 heavy (non-hydrogen) atoms. The molecule has 0 saturated carbocycles. The Kier molecular flexibility index (Phi) is 5.04. The third-order valence-electron chi connectivity index (χ3n) is 3.30. The molecule has 3 rings (SSSR count). The number of hydrogen-bond acceptors (Lipinski definition) is 3. The number of anilines is 2. The average molecular weight is 319 g/mol. The summed E-state index contributed by atoms with van der Waals surface area (Å²) in [6.07, 6.45) is 3.24. The van der Waals surface area contributed by atoms with E-state index in [-0.39, 0.29) is 6.03 Å². The van der Waals surface area contributed by atoms with E-state index in [1.165, 1.54) is 0 Å². The van der Waals surface area contributed by atoms with Crippen LogP contribution in [0.4, 0.5) is 16.2 Å². The van der Waals surface area contributed by atoms with E-state index in [0.29, 0.717) is 18.0 Å². The molecule has 5 heteroatoms. The zero-order valence-corrected chi connectivity index (χ0v) is 13.0. The van der Waals surface area contributed by atoms with Gasteiger partial charge in [0.25, 0.3) is 0 Å². The Morgan fingerprint density at radius 2 is 1.46 bits per heavy atom. The summed E-state index contributed by atoms with van der Waals surface area (Å²) < 4.78 is 5.71. The molecular weight excluding hydrogens is 302 g/mol. The molecule has 1 aromatic heterocycles. The second-order valence-corrected chi connectivity index (χ2v) is 5.11. The number of urea groups is 1. The van der Waals surface area contributed by atoms with Crippen LogP contribution in [0.1, 0.15) is 5.56 Å². The van der Waals surface area contributed by atoms with E-state index in [9.17, 15) is 4.79 Å². The van der Waals surface area contributed by atoms with Gasteiger partial charge in [0.2, 0.25) is 0 Å². The molecule has 5 nitrogen and oxygen atoms in total. The third kappa shape index (κ3) is 4.58. The average Bonchev–Trinajstić information content (AvgIpc) is 2.63. The predicted molar refractivity (Wildman–Crippen MR) is 94.1 cm³/mol. The van der Waals surface area contributed by atoms with Gasteiger partial charge in [0.05, 0.1) is 0 Å². The fraction of sp³-hybridized carbons (Fsp3) is 0.0526. The van der Waals surface area contributed by atoms with Crippen LogP contribution in [-0.2, 0) is 6.61 Å². The molecule has 0 fully saturated rings. The summed E-state index contributed by atoms with van der Waals surface area (Å²) in [6, 6.07) is 20.3. The molecule has 1 heterocycles. The number of hydrogen-bond donors (Lipinski definition) is 2. The Bertz CT molecular complexity index is 775. The van der Waals surface area contributed by atoms with Crippen LogP contribution in [0, 0.1) is 0 Å². The van der Waals surface area contributed by atoms with Gasteiger partial charge in [-0.25, -0.2) is 4.79 Å². The number of benzene rings is 2. The fourth-order valence-corrected chi connectivity index (χ4v) is 2.10. The van der Waals surface area contributed by atoms with Gasteiger partial charge in [-0.1, -0.05) is 30.3 Å². The maximum Gasteiger partial charge on any atom is 0.323 e. The van der Waals surface area contributed by atoms with Crippen molar-refractivity contribution < 1.29 is 9.53 Å². The van der Waals surface area contributed by atoms with Crippen molar-refractivity contribution in [1.29, 1.82) is 0 Å². The van der Waals surface area contributed by atoms with Gasteiger partial charge in [0.15, 0.2) is 0 Å². The molecule has 0 aliphatic carbocycles. The lowest BCUT2D eigenvalue weighted by Gasteiger charge is -2.09. The lowest BCUT2D eigenvalue weighted by atomic mass is 10.2. The summed E-state index contributed by atoms with van der Waals surface area (Å²) in [5.41, 5.74) is 2.48. The lowest BCUT2D eigenvalue weighted by Crippen LogP contribution is -2.19. The van der Waals surface area contributed by atoms with Crippen LogP contribution < -0.4 is 15.4 Å². The van der Waals surface area contributed by atoms with E-state index in [0.717, 1.165) is 11.3 Å². The van der Waals surface area contributed by atoms with Crippen molar-refractivity contribution in [3.8, 4) is 5.75 Å². The Morgan fingerprint density at radius 3 is 2.12 bits per heavy atom. The number of aromatic nitrogens is 1. The van der Waals surface area contributed by atoms with Gasteiger partial charge in [-0.15, -0.1) is 0 Å². The topological polar surface area (TPSA) is 63.2 Å². The molecule has 3 aromatic rings. The van der Waals surface area contributed by atoms with Gasteiger partial charge in [-0.2, -0.15) is 0 Å². The monoisotopic (exact) mass is 319 g/mol. The highest BCUT2D eigenvalue weighted by atomic mass is 16.5. The first-order valence-electron chi connectivity index (χ1n) is 7.54. The van der Waals surface area contributed by atoms with Gasteiger partial charge < -0.3 is 15.4 Å². The molecule has 0 atom stereocenters. The molecule has 2 amide bonds. The predicted octanol–water partition coefficient (Wildman–Crippen LogP) is 4.30. The highest BCUT2D eigenvalue weighted by molar-refractivity contribution is 5.99. The number of rotatable bonds is 5. The van der Waals surface area contributed by atoms with Gasteiger partial charge in [-0.3, -0.25) is 4.98 Å². The third-order valence-corrected chi connectivity index (χ3v) is 3.30. The minimum absolute atomic E-state index is 0.306. The molecule has 120 valence electrons. The quantitative estimate of drug-likeness (QED) is 0.737. The number of pyridine rings is 1. The Balaban J connectivity index is 1.51. The standard InChI is InChI=1S/C19H17N3O2/c23-19(22-17-10-12-20-13-11-17)21-16-6-8-18(9-7-16)24-14-15-4-2-1-3-5-15/h1-13H,14H2,(H2,20,21,22,23). The maximum absolute atomic E-state index is 11.9. The second-order valence-electron chi connectivity index (χ2n) is 5.11. The van der Waals surface area contributed by atoms with Crippen molar-refractivity contribution in [1.82, 2.24) is 4.98 Å². The molecule has 0 spiro atoms. The van der Waals surface area contributed by atoms with E-state index < -0.39 is 0 Å². The first-order chi connectivity index (χ1) is 11.8. The molecule has 0 saturated heterocycles. The van der Waals surface area contributed by atoms with E-state index in [4.69, 9.17) is 4.74 Å². The first kappa shape index (κ1) is 15.6. The molecule has 2 N–H and O–H groups in total. The summed E-state index contributed by atoms with van der Waals surface area (Å²) in [4.78, 5) is 15.8. The largest absolute Gasteiger partial charge is 0.489 e. The van der Waals surface area contributed by atoms with Crippen LogP contribution in [0.25, 0.3) is 0 Å². The fourth-order valence-electron chi connectivity index (χ4n) is 2.10. The molecule has 0 aliphatic heterocycles. The van der Waals surface area contributed by atoms with Crippen molar-refractivity contribution in [2.24, 2.45) is 0 Å². The van der Waals surface area contributed by atoms with Crippen LogP contribution in [0.15, 0.2) is 79.1 Å². The maximum atomic E-state index is 11.9. The van der Waals surface area contributed by atoms with Crippen LogP contribution in [0.5, 0.6) is 5.75 Å². The van der Waals surface area contributed by atoms with Crippen LogP contribution >= 0.6 is 0 Å². The molecule has 0 bridgehead atoms. The number of amides is 2. The highest BCUT2D eigenvalue weighted by Gasteiger charge is 2.03. The Morgan fingerprint density at radius 1 is 0.833 bits per heavy atom. The summed E-state index contributed by atoms with van der Waals surface area (Å²) in [5, 5.41) is 5.50. The zero-order chi connectivity index (χ0) is 16.6. The second kappa shape index (κ2) is 7.78. The van der Waals surface area contributed by atoms with Crippen LogP contribution in [0.2, 0.25) is 0 Å².